The first kappa shape index (κ1) is 20.2. The second kappa shape index (κ2) is 8.32. The molecule has 0 saturated carbocycles. The van der Waals surface area contributed by atoms with Crippen molar-refractivity contribution in [1.29, 1.82) is 0 Å². The number of ether oxygens (including phenoxy) is 2. The van der Waals surface area contributed by atoms with Gasteiger partial charge in [0.1, 0.15) is 18.5 Å². The lowest BCUT2D eigenvalue weighted by Gasteiger charge is -2.11. The maximum atomic E-state index is 12.6. The average molecular weight is 412 g/mol. The molecule has 1 aliphatic rings. The quantitative estimate of drug-likeness (QED) is 0.528. The van der Waals surface area contributed by atoms with E-state index in [1.807, 2.05) is 36.4 Å². The van der Waals surface area contributed by atoms with E-state index < -0.39 is 17.8 Å². The first-order valence-corrected chi connectivity index (χ1v) is 9.52. The van der Waals surface area contributed by atoms with Crippen molar-refractivity contribution in [3.05, 3.63) is 101 Å². The summed E-state index contributed by atoms with van der Waals surface area (Å²) in [4.78, 5) is 12.4. The van der Waals surface area contributed by atoms with Crippen LogP contribution in [-0.4, -0.2) is 11.9 Å². The number of ketones is 1. The monoisotopic (exact) mass is 412 g/mol. The van der Waals surface area contributed by atoms with Gasteiger partial charge in [-0.15, -0.1) is 0 Å². The lowest BCUT2D eigenvalue weighted by Crippen LogP contribution is -2.19. The van der Waals surface area contributed by atoms with E-state index in [0.717, 1.165) is 28.8 Å². The van der Waals surface area contributed by atoms with Crippen molar-refractivity contribution in [3.63, 3.8) is 0 Å². The second-order valence-corrected chi connectivity index (χ2v) is 7.15. The first-order chi connectivity index (χ1) is 14.4. The number of Topliss-reactive ketones (excluding diaryl/α,β-unsaturated/α-hetero) is 1. The van der Waals surface area contributed by atoms with Gasteiger partial charge in [0.15, 0.2) is 5.78 Å². The minimum absolute atomic E-state index is 0.0158. The SMILES string of the molecule is O=C1c2ccccc2CC1OCc1ccc(OCc2ccc(C(F)(F)F)cc2)cc1. The van der Waals surface area contributed by atoms with Crippen molar-refractivity contribution >= 4 is 5.78 Å². The summed E-state index contributed by atoms with van der Waals surface area (Å²) < 4.78 is 49.2. The summed E-state index contributed by atoms with van der Waals surface area (Å²) in [6, 6.07) is 19.7. The second-order valence-electron chi connectivity index (χ2n) is 7.15. The van der Waals surface area contributed by atoms with Crippen LogP contribution >= 0.6 is 0 Å². The van der Waals surface area contributed by atoms with Gasteiger partial charge in [-0.05, 0) is 41.0 Å². The third-order valence-corrected chi connectivity index (χ3v) is 5.04. The molecular formula is C24H19F3O3. The van der Waals surface area contributed by atoms with Crippen molar-refractivity contribution in [3.8, 4) is 5.75 Å². The Labute approximate surface area is 172 Å². The van der Waals surface area contributed by atoms with Crippen molar-refractivity contribution in [2.75, 3.05) is 0 Å². The lowest BCUT2D eigenvalue weighted by molar-refractivity contribution is -0.137. The zero-order valence-corrected chi connectivity index (χ0v) is 16.0. The molecule has 0 heterocycles. The van der Waals surface area contributed by atoms with Gasteiger partial charge in [0.2, 0.25) is 0 Å². The summed E-state index contributed by atoms with van der Waals surface area (Å²) in [5.74, 6) is 0.616. The molecule has 3 aromatic rings. The number of hydrogen-bond donors (Lipinski definition) is 0. The summed E-state index contributed by atoms with van der Waals surface area (Å²) in [5.41, 5.74) is 2.61. The van der Waals surface area contributed by atoms with Gasteiger partial charge in [-0.1, -0.05) is 48.5 Å². The van der Waals surface area contributed by atoms with Crippen LogP contribution in [0.5, 0.6) is 5.75 Å². The standard InChI is InChI=1S/C24H19F3O3/c25-24(26,27)19-9-5-16(6-10-19)14-29-20-11-7-17(8-12-20)15-30-22-13-18-3-1-2-4-21(18)23(22)28/h1-12,22H,13-15H2. The molecule has 30 heavy (non-hydrogen) atoms. The lowest BCUT2D eigenvalue weighted by atomic mass is 10.1. The van der Waals surface area contributed by atoms with Crippen LogP contribution in [0.4, 0.5) is 13.2 Å². The molecule has 0 radical (unpaired) electrons. The zero-order valence-electron chi connectivity index (χ0n) is 16.0. The number of carbonyl (C=O) groups is 1. The average Bonchev–Trinajstić information content (AvgIpc) is 3.07. The molecular weight excluding hydrogens is 393 g/mol. The summed E-state index contributed by atoms with van der Waals surface area (Å²) in [6.07, 6.45) is -4.22. The van der Waals surface area contributed by atoms with Gasteiger partial charge in [0.05, 0.1) is 12.2 Å². The van der Waals surface area contributed by atoms with E-state index >= 15 is 0 Å². The van der Waals surface area contributed by atoms with Gasteiger partial charge in [0, 0.05) is 12.0 Å². The highest BCUT2D eigenvalue weighted by Crippen LogP contribution is 2.29. The van der Waals surface area contributed by atoms with E-state index in [9.17, 15) is 18.0 Å². The van der Waals surface area contributed by atoms with E-state index in [-0.39, 0.29) is 12.4 Å². The highest BCUT2D eigenvalue weighted by Gasteiger charge is 2.31. The molecule has 0 amide bonds. The Morgan fingerprint density at radius 2 is 1.47 bits per heavy atom. The fourth-order valence-electron chi connectivity index (χ4n) is 3.37. The zero-order chi connectivity index (χ0) is 21.1. The van der Waals surface area contributed by atoms with Gasteiger partial charge < -0.3 is 9.47 Å². The maximum Gasteiger partial charge on any atom is 0.416 e. The Bertz CT molecular complexity index is 1020. The smallest absolute Gasteiger partial charge is 0.416 e. The predicted octanol–water partition coefficient (Wildman–Crippen LogP) is 5.61. The Balaban J connectivity index is 1.28. The molecule has 0 N–H and O–H groups in total. The van der Waals surface area contributed by atoms with Crippen LogP contribution in [0.25, 0.3) is 0 Å². The van der Waals surface area contributed by atoms with Gasteiger partial charge in [0.25, 0.3) is 0 Å². The molecule has 1 atom stereocenters. The molecule has 0 aliphatic heterocycles. The van der Waals surface area contributed by atoms with Crippen LogP contribution in [0.1, 0.15) is 32.6 Å². The van der Waals surface area contributed by atoms with Gasteiger partial charge in [-0.3, -0.25) is 4.79 Å². The summed E-state index contributed by atoms with van der Waals surface area (Å²) in [5, 5.41) is 0. The van der Waals surface area contributed by atoms with Crippen molar-refractivity contribution in [2.45, 2.75) is 31.9 Å². The van der Waals surface area contributed by atoms with Crippen LogP contribution < -0.4 is 4.74 Å². The third-order valence-electron chi connectivity index (χ3n) is 5.04. The number of alkyl halides is 3. The van der Waals surface area contributed by atoms with Crippen LogP contribution in [0.2, 0.25) is 0 Å². The molecule has 0 spiro atoms. The summed E-state index contributed by atoms with van der Waals surface area (Å²) in [6.45, 7) is 0.479. The molecule has 1 unspecified atom stereocenters. The number of rotatable bonds is 6. The molecule has 1 aliphatic carbocycles. The van der Waals surface area contributed by atoms with Gasteiger partial charge in [-0.25, -0.2) is 0 Å². The topological polar surface area (TPSA) is 35.5 Å². The minimum atomic E-state index is -4.34. The molecule has 3 aromatic carbocycles. The number of fused-ring (bicyclic) bond motifs is 1. The molecule has 0 bridgehead atoms. The first-order valence-electron chi connectivity index (χ1n) is 9.52. The van der Waals surface area contributed by atoms with Crippen molar-refractivity contribution in [2.24, 2.45) is 0 Å². The van der Waals surface area contributed by atoms with Crippen LogP contribution in [0.3, 0.4) is 0 Å². The number of benzene rings is 3. The van der Waals surface area contributed by atoms with Crippen LogP contribution in [-0.2, 0) is 30.5 Å². The highest BCUT2D eigenvalue weighted by atomic mass is 19.4. The van der Waals surface area contributed by atoms with Crippen LogP contribution in [0, 0.1) is 0 Å². The summed E-state index contributed by atoms with van der Waals surface area (Å²) in [7, 11) is 0. The minimum Gasteiger partial charge on any atom is -0.489 e. The Morgan fingerprint density at radius 1 is 0.833 bits per heavy atom. The molecule has 0 saturated heterocycles. The fraction of sp³-hybridized carbons (Fsp3) is 0.208. The van der Waals surface area contributed by atoms with Gasteiger partial charge >= 0.3 is 6.18 Å². The Kier molecular flexibility index (Phi) is 5.59. The van der Waals surface area contributed by atoms with E-state index in [0.29, 0.717) is 24.3 Å². The largest absolute Gasteiger partial charge is 0.489 e. The molecule has 3 nitrogen and oxygen atoms in total. The normalized spacial score (nSPS) is 15.8. The Morgan fingerprint density at radius 3 is 2.13 bits per heavy atom. The number of hydrogen-bond acceptors (Lipinski definition) is 3. The van der Waals surface area contributed by atoms with Crippen molar-refractivity contribution in [1.82, 2.24) is 0 Å². The molecule has 0 fully saturated rings. The van der Waals surface area contributed by atoms with Crippen molar-refractivity contribution < 1.29 is 27.4 Å². The Hall–Kier alpha value is -3.12. The highest BCUT2D eigenvalue weighted by molar-refractivity contribution is 6.03. The van der Waals surface area contributed by atoms with Crippen LogP contribution in [0.15, 0.2) is 72.8 Å². The van der Waals surface area contributed by atoms with E-state index in [1.54, 1.807) is 12.1 Å². The maximum absolute atomic E-state index is 12.6. The molecule has 0 aromatic heterocycles. The van der Waals surface area contributed by atoms with E-state index in [1.165, 1.54) is 12.1 Å². The molecule has 6 heteroatoms. The molecule has 4 rings (SSSR count). The molecule has 154 valence electrons. The predicted molar refractivity (Wildman–Crippen MR) is 105 cm³/mol. The van der Waals surface area contributed by atoms with Gasteiger partial charge in [-0.2, -0.15) is 13.2 Å². The third kappa shape index (κ3) is 4.54. The summed E-state index contributed by atoms with van der Waals surface area (Å²) >= 11 is 0. The number of carbonyl (C=O) groups excluding carboxylic acids is 1. The number of halogens is 3. The van der Waals surface area contributed by atoms with E-state index in [2.05, 4.69) is 0 Å². The fourth-order valence-corrected chi connectivity index (χ4v) is 3.37. The van der Waals surface area contributed by atoms with E-state index in [4.69, 9.17) is 9.47 Å².